The summed E-state index contributed by atoms with van der Waals surface area (Å²) in [6.45, 7) is 2.30. The normalized spacial score (nSPS) is 29.7. The molecule has 1 aromatic carbocycles. The molecule has 0 N–H and O–H groups in total. The van der Waals surface area contributed by atoms with E-state index in [1.807, 2.05) is 6.07 Å². The van der Waals surface area contributed by atoms with Gasteiger partial charge in [0, 0.05) is 12.0 Å². The minimum absolute atomic E-state index is 0.227. The van der Waals surface area contributed by atoms with Gasteiger partial charge in [0.25, 0.3) is 0 Å². The number of fused-ring (bicyclic) bond motifs is 2. The summed E-state index contributed by atoms with van der Waals surface area (Å²) in [5, 5.41) is 0. The van der Waals surface area contributed by atoms with Crippen molar-refractivity contribution in [2.75, 3.05) is 0 Å². The molecular formula is C21H26O2. The molecule has 3 aliphatic rings. The van der Waals surface area contributed by atoms with Crippen LogP contribution < -0.4 is 0 Å². The summed E-state index contributed by atoms with van der Waals surface area (Å²) in [5.74, 6) is 2.11. The van der Waals surface area contributed by atoms with Crippen molar-refractivity contribution < 1.29 is 9.59 Å². The molecule has 1 atom stereocenters. The lowest BCUT2D eigenvalue weighted by molar-refractivity contribution is -0.114. The molecule has 0 amide bonds. The molecule has 0 radical (unpaired) electrons. The van der Waals surface area contributed by atoms with Gasteiger partial charge in [0.1, 0.15) is 0 Å². The molecule has 1 unspecified atom stereocenters. The van der Waals surface area contributed by atoms with Crippen LogP contribution in [0.5, 0.6) is 0 Å². The van der Waals surface area contributed by atoms with Crippen LogP contribution in [0, 0.1) is 17.8 Å². The first-order valence-corrected chi connectivity index (χ1v) is 9.38. The zero-order chi connectivity index (χ0) is 16.0. The predicted molar refractivity (Wildman–Crippen MR) is 90.7 cm³/mol. The van der Waals surface area contributed by atoms with E-state index in [1.54, 1.807) is 0 Å². The van der Waals surface area contributed by atoms with Crippen LogP contribution in [-0.4, -0.2) is 11.6 Å². The Morgan fingerprint density at radius 3 is 2.30 bits per heavy atom. The summed E-state index contributed by atoms with van der Waals surface area (Å²) >= 11 is 0. The van der Waals surface area contributed by atoms with E-state index in [4.69, 9.17) is 0 Å². The lowest BCUT2D eigenvalue weighted by atomic mass is 9.74. The van der Waals surface area contributed by atoms with E-state index < -0.39 is 0 Å². The van der Waals surface area contributed by atoms with E-state index in [2.05, 4.69) is 13.0 Å². The molecule has 23 heavy (non-hydrogen) atoms. The van der Waals surface area contributed by atoms with Crippen molar-refractivity contribution in [2.45, 2.75) is 64.7 Å². The van der Waals surface area contributed by atoms with Crippen molar-refractivity contribution in [2.24, 2.45) is 17.8 Å². The van der Waals surface area contributed by atoms with Crippen LogP contribution in [0.1, 0.15) is 72.5 Å². The third-order valence-corrected chi connectivity index (χ3v) is 6.49. The maximum atomic E-state index is 11.9. The first kappa shape index (κ1) is 15.1. The predicted octanol–water partition coefficient (Wildman–Crippen LogP) is 4.32. The van der Waals surface area contributed by atoms with Gasteiger partial charge in [-0.1, -0.05) is 38.7 Å². The number of carbonyl (C=O) groups is 2. The molecular weight excluding hydrogens is 284 g/mol. The highest BCUT2D eigenvalue weighted by molar-refractivity contribution is 6.47. The number of hydrogen-bond acceptors (Lipinski definition) is 2. The summed E-state index contributed by atoms with van der Waals surface area (Å²) < 4.78 is 0. The summed E-state index contributed by atoms with van der Waals surface area (Å²) in [5.41, 5.74) is 4.42. The van der Waals surface area contributed by atoms with Gasteiger partial charge in [-0.3, -0.25) is 9.59 Å². The number of rotatable bonds is 3. The van der Waals surface area contributed by atoms with Crippen LogP contribution >= 0.6 is 0 Å². The third kappa shape index (κ3) is 2.66. The van der Waals surface area contributed by atoms with Gasteiger partial charge in [-0.15, -0.1) is 0 Å². The molecule has 3 aliphatic carbocycles. The average molecular weight is 310 g/mol. The summed E-state index contributed by atoms with van der Waals surface area (Å²) in [6.07, 6.45) is 10.9. The molecule has 2 nitrogen and oxygen atoms in total. The second-order valence-electron chi connectivity index (χ2n) is 7.94. The number of hydrogen-bond donors (Lipinski definition) is 0. The van der Waals surface area contributed by atoms with E-state index in [-0.39, 0.29) is 11.6 Å². The molecule has 0 bridgehead atoms. The summed E-state index contributed by atoms with van der Waals surface area (Å²) in [4.78, 5) is 23.5. The Hall–Kier alpha value is -1.44. The highest BCUT2D eigenvalue weighted by Crippen LogP contribution is 2.42. The standard InChI is InChI=1S/C21H26O2/c1-2-3-13-4-6-14(7-5-13)15-8-16-10-18-12-20(22)21(23)19(18)11-17(16)9-15/h10-11,13-15H,2-9,12H2,1H3. The monoisotopic (exact) mass is 310 g/mol. The maximum Gasteiger partial charge on any atom is 0.229 e. The van der Waals surface area contributed by atoms with Crippen molar-refractivity contribution >= 4 is 11.6 Å². The molecule has 1 fully saturated rings. The first-order chi connectivity index (χ1) is 11.2. The Kier molecular flexibility index (Phi) is 3.87. The highest BCUT2D eigenvalue weighted by atomic mass is 16.2. The van der Waals surface area contributed by atoms with Gasteiger partial charge in [0.05, 0.1) is 0 Å². The highest BCUT2D eigenvalue weighted by Gasteiger charge is 2.35. The SMILES string of the molecule is CCCC1CCC(C2Cc3cc4c(cc3C2)C(=O)C(=O)C4)CC1. The van der Waals surface area contributed by atoms with Crippen molar-refractivity contribution in [3.05, 3.63) is 34.4 Å². The van der Waals surface area contributed by atoms with E-state index in [9.17, 15) is 9.59 Å². The maximum absolute atomic E-state index is 11.9. The fourth-order valence-electron chi connectivity index (χ4n) is 5.21. The van der Waals surface area contributed by atoms with Gasteiger partial charge in [-0.05, 0) is 66.2 Å². The summed E-state index contributed by atoms with van der Waals surface area (Å²) in [7, 11) is 0. The molecule has 0 aromatic heterocycles. The molecule has 122 valence electrons. The van der Waals surface area contributed by atoms with E-state index in [1.165, 1.54) is 49.7 Å². The number of benzene rings is 1. The third-order valence-electron chi connectivity index (χ3n) is 6.49. The molecule has 2 heteroatoms. The van der Waals surface area contributed by atoms with Crippen LogP contribution in [0.25, 0.3) is 0 Å². The second-order valence-corrected chi connectivity index (χ2v) is 7.94. The quantitative estimate of drug-likeness (QED) is 0.779. The van der Waals surface area contributed by atoms with Crippen LogP contribution in [0.2, 0.25) is 0 Å². The Morgan fingerprint density at radius 1 is 0.913 bits per heavy atom. The average Bonchev–Trinajstić information content (AvgIpc) is 3.08. The fourth-order valence-corrected chi connectivity index (χ4v) is 5.21. The van der Waals surface area contributed by atoms with Gasteiger partial charge in [-0.25, -0.2) is 0 Å². The zero-order valence-corrected chi connectivity index (χ0v) is 14.1. The van der Waals surface area contributed by atoms with Crippen LogP contribution in [0.3, 0.4) is 0 Å². The smallest absolute Gasteiger partial charge is 0.229 e. The van der Waals surface area contributed by atoms with Crippen molar-refractivity contribution in [3.8, 4) is 0 Å². The van der Waals surface area contributed by atoms with E-state index >= 15 is 0 Å². The molecule has 0 aliphatic heterocycles. The fraction of sp³-hybridized carbons (Fsp3) is 0.619. The zero-order valence-electron chi connectivity index (χ0n) is 14.1. The molecule has 4 rings (SSSR count). The van der Waals surface area contributed by atoms with Crippen LogP contribution in [0.4, 0.5) is 0 Å². The molecule has 1 saturated carbocycles. The Morgan fingerprint density at radius 2 is 1.61 bits per heavy atom. The van der Waals surface area contributed by atoms with Crippen LogP contribution in [0.15, 0.2) is 12.1 Å². The van der Waals surface area contributed by atoms with Crippen molar-refractivity contribution in [1.82, 2.24) is 0 Å². The number of carbonyl (C=O) groups excluding carboxylic acids is 2. The number of Topliss-reactive ketones (excluding diaryl/α,β-unsaturated/α-hetero) is 2. The molecule has 0 saturated heterocycles. The van der Waals surface area contributed by atoms with Gasteiger partial charge >= 0.3 is 0 Å². The van der Waals surface area contributed by atoms with E-state index in [0.29, 0.717) is 12.0 Å². The largest absolute Gasteiger partial charge is 0.290 e. The van der Waals surface area contributed by atoms with Gasteiger partial charge in [0.2, 0.25) is 11.6 Å². The first-order valence-electron chi connectivity index (χ1n) is 9.38. The minimum Gasteiger partial charge on any atom is -0.290 e. The van der Waals surface area contributed by atoms with Gasteiger partial charge < -0.3 is 0 Å². The Balaban J connectivity index is 1.45. The Bertz CT molecular complexity index is 650. The topological polar surface area (TPSA) is 34.1 Å². The second kappa shape index (κ2) is 5.89. The Labute approximate surface area is 138 Å². The lowest BCUT2D eigenvalue weighted by Gasteiger charge is -2.32. The van der Waals surface area contributed by atoms with Crippen LogP contribution in [-0.2, 0) is 24.1 Å². The molecule has 0 spiro atoms. The van der Waals surface area contributed by atoms with Gasteiger partial charge in [0.15, 0.2) is 0 Å². The lowest BCUT2D eigenvalue weighted by Crippen LogP contribution is -2.22. The van der Waals surface area contributed by atoms with Crippen molar-refractivity contribution in [1.29, 1.82) is 0 Å². The molecule has 1 aromatic rings. The molecule has 0 heterocycles. The summed E-state index contributed by atoms with van der Waals surface area (Å²) in [6, 6.07) is 4.21. The van der Waals surface area contributed by atoms with Crippen molar-refractivity contribution in [3.63, 3.8) is 0 Å². The van der Waals surface area contributed by atoms with Gasteiger partial charge in [-0.2, -0.15) is 0 Å². The minimum atomic E-state index is -0.258. The van der Waals surface area contributed by atoms with E-state index in [0.717, 1.165) is 36.2 Å². The number of ketones is 2.